The number of alkyl halides is 4. The molecule has 0 saturated carbocycles. The minimum absolute atomic E-state index is 0.292. The molecule has 1 aliphatic rings. The van der Waals surface area contributed by atoms with Gasteiger partial charge in [0.25, 0.3) is 11.6 Å². The Balaban J connectivity index is 0.000000236. The van der Waals surface area contributed by atoms with E-state index in [4.69, 9.17) is 10.1 Å². The van der Waals surface area contributed by atoms with Crippen LogP contribution in [0.3, 0.4) is 0 Å². The van der Waals surface area contributed by atoms with E-state index in [1.807, 2.05) is 0 Å². The summed E-state index contributed by atoms with van der Waals surface area (Å²) in [5, 5.41) is 7.89. The lowest BCUT2D eigenvalue weighted by Gasteiger charge is -1.91. The number of hydrogen-bond acceptors (Lipinski definition) is 2. The van der Waals surface area contributed by atoms with Gasteiger partial charge in [-0.05, 0) is 0 Å². The monoisotopic (exact) mass is 158 g/mol. The summed E-state index contributed by atoms with van der Waals surface area (Å²) < 4.78 is 44.4. The van der Waals surface area contributed by atoms with Gasteiger partial charge in [-0.1, -0.05) is 0 Å². The van der Waals surface area contributed by atoms with Gasteiger partial charge in [-0.25, -0.2) is 17.6 Å². The van der Waals surface area contributed by atoms with E-state index >= 15 is 0 Å². The largest absolute Gasteiger partial charge is 0.379 e. The fraction of sp³-hybridized carbons (Fsp3) is 1.00. The fourth-order valence-corrected chi connectivity index (χ4v) is 0.192. The van der Waals surface area contributed by atoms with Gasteiger partial charge in [-0.2, -0.15) is 0 Å². The number of rotatable bonds is 0. The SMILES string of the molecule is FC1(F)[B]C1(F)F.O=NO. The molecule has 57 valence electrons. The topological polar surface area (TPSA) is 49.7 Å². The molecule has 1 rings (SSSR count). The molecule has 0 amide bonds. The molecular formula is C2HBF4NO2. The van der Waals surface area contributed by atoms with Crippen molar-refractivity contribution in [3.05, 3.63) is 4.91 Å². The van der Waals surface area contributed by atoms with Gasteiger partial charge in [0, 0.05) is 0 Å². The van der Waals surface area contributed by atoms with Gasteiger partial charge in [-0.15, -0.1) is 4.91 Å². The summed E-state index contributed by atoms with van der Waals surface area (Å²) in [7, 11) is -0.292. The molecule has 1 radical (unpaired) electrons. The van der Waals surface area contributed by atoms with E-state index in [-0.39, 0.29) is 7.28 Å². The molecule has 0 aliphatic carbocycles. The first-order chi connectivity index (χ1) is 4.37. The molecule has 1 N–H and O–H groups in total. The second-order valence-corrected chi connectivity index (χ2v) is 1.47. The highest BCUT2D eigenvalue weighted by atomic mass is 19.3. The van der Waals surface area contributed by atoms with Gasteiger partial charge in [0.1, 0.15) is 0 Å². The van der Waals surface area contributed by atoms with Crippen molar-refractivity contribution < 1.29 is 22.8 Å². The van der Waals surface area contributed by atoms with Crippen LogP contribution in [0.25, 0.3) is 0 Å². The van der Waals surface area contributed by atoms with Crippen molar-refractivity contribution in [1.82, 2.24) is 0 Å². The van der Waals surface area contributed by atoms with E-state index in [1.165, 1.54) is 5.34 Å². The minimum Gasteiger partial charge on any atom is -0.379 e. The predicted molar refractivity (Wildman–Crippen MR) is 23.2 cm³/mol. The van der Waals surface area contributed by atoms with Gasteiger partial charge in [0.05, 0.1) is 0 Å². The Hall–Kier alpha value is -0.815. The predicted octanol–water partition coefficient (Wildman–Crippen LogP) is 1.03. The van der Waals surface area contributed by atoms with Crippen molar-refractivity contribution in [2.75, 3.05) is 0 Å². The Morgan fingerprint density at radius 3 is 1.30 bits per heavy atom. The Morgan fingerprint density at radius 2 is 1.30 bits per heavy atom. The Morgan fingerprint density at radius 1 is 1.20 bits per heavy atom. The second kappa shape index (κ2) is 2.43. The highest BCUT2D eigenvalue weighted by Gasteiger charge is 2.76. The average molecular weight is 158 g/mol. The van der Waals surface area contributed by atoms with Crippen LogP contribution >= 0.6 is 0 Å². The van der Waals surface area contributed by atoms with Gasteiger partial charge >= 0.3 is 7.28 Å². The average Bonchev–Trinajstić information content (AvgIpc) is 2.04. The van der Waals surface area contributed by atoms with Crippen LogP contribution in [0.5, 0.6) is 0 Å². The van der Waals surface area contributed by atoms with Gasteiger partial charge in [0.2, 0.25) is 0 Å². The van der Waals surface area contributed by atoms with E-state index in [2.05, 4.69) is 0 Å². The molecule has 0 spiro atoms. The summed E-state index contributed by atoms with van der Waals surface area (Å²) in [6.07, 6.45) is 0. The fourth-order valence-electron chi connectivity index (χ4n) is 0.192. The molecule has 8 heteroatoms. The van der Waals surface area contributed by atoms with Crippen LogP contribution in [0.2, 0.25) is 0 Å². The molecular weight excluding hydrogens is 157 g/mol. The third-order valence-electron chi connectivity index (χ3n) is 0.724. The summed E-state index contributed by atoms with van der Waals surface area (Å²) in [6.45, 7) is 0. The normalized spacial score (nSPS) is 23.2. The third-order valence-corrected chi connectivity index (χ3v) is 0.724. The van der Waals surface area contributed by atoms with Crippen LogP contribution in [0.15, 0.2) is 5.34 Å². The van der Waals surface area contributed by atoms with E-state index in [1.54, 1.807) is 0 Å². The zero-order valence-corrected chi connectivity index (χ0v) is 4.39. The number of nitrogens with zero attached hydrogens (tertiary/aromatic N) is 1. The van der Waals surface area contributed by atoms with E-state index in [0.717, 1.165) is 0 Å². The van der Waals surface area contributed by atoms with Crippen LogP contribution in [-0.2, 0) is 0 Å². The van der Waals surface area contributed by atoms with Gasteiger partial charge < -0.3 is 5.21 Å². The lowest BCUT2D eigenvalue weighted by Crippen LogP contribution is -2.02. The van der Waals surface area contributed by atoms with E-state index in [9.17, 15) is 17.6 Å². The molecule has 1 saturated heterocycles. The third kappa shape index (κ3) is 1.85. The van der Waals surface area contributed by atoms with Crippen LogP contribution in [0, 0.1) is 4.91 Å². The summed E-state index contributed by atoms with van der Waals surface area (Å²) in [4.78, 5) is 8.11. The van der Waals surface area contributed by atoms with Gasteiger partial charge in [0.15, 0.2) is 5.34 Å². The smallest absolute Gasteiger partial charge is 0.313 e. The first-order valence-electron chi connectivity index (χ1n) is 1.97. The molecule has 0 bridgehead atoms. The molecule has 0 unspecified atom stereocenters. The standard InChI is InChI=1S/C2BF4.HNO2/c4-1(5)2(6,7)3-1;2-1-3/h;(H,2,3). The second-order valence-electron chi connectivity index (χ2n) is 1.47. The molecule has 1 aliphatic heterocycles. The zero-order valence-electron chi connectivity index (χ0n) is 4.39. The summed E-state index contributed by atoms with van der Waals surface area (Å²) in [5.41, 5.74) is 0. The maximum Gasteiger partial charge on any atom is 0.313 e. The molecule has 10 heavy (non-hydrogen) atoms. The van der Waals surface area contributed by atoms with Crippen LogP contribution < -0.4 is 0 Å². The van der Waals surface area contributed by atoms with E-state index in [0.29, 0.717) is 0 Å². The molecule has 0 aromatic rings. The number of halogens is 4. The van der Waals surface area contributed by atoms with Crippen LogP contribution in [-0.4, -0.2) is 24.1 Å². The highest BCUT2D eigenvalue weighted by molar-refractivity contribution is 6.57. The Labute approximate surface area is 53.2 Å². The van der Waals surface area contributed by atoms with Gasteiger partial charge in [-0.3, -0.25) is 0 Å². The van der Waals surface area contributed by atoms with E-state index < -0.39 is 11.6 Å². The molecule has 0 aromatic carbocycles. The summed E-state index contributed by atoms with van der Waals surface area (Å²) >= 11 is 0. The Kier molecular flexibility index (Phi) is 2.23. The van der Waals surface area contributed by atoms with Crippen molar-refractivity contribution in [2.45, 2.75) is 11.6 Å². The quantitative estimate of drug-likeness (QED) is 0.247. The van der Waals surface area contributed by atoms with Crippen molar-refractivity contribution in [2.24, 2.45) is 5.34 Å². The molecule has 0 atom stereocenters. The van der Waals surface area contributed by atoms with Crippen LogP contribution in [0.4, 0.5) is 17.6 Å². The molecule has 0 aromatic heterocycles. The zero-order chi connectivity index (χ0) is 8.41. The summed E-state index contributed by atoms with van der Waals surface area (Å²) in [6, 6.07) is 0. The lowest BCUT2D eigenvalue weighted by molar-refractivity contribution is -0.0278. The minimum atomic E-state index is -3.81. The summed E-state index contributed by atoms with van der Waals surface area (Å²) in [5.74, 6) is -7.62. The van der Waals surface area contributed by atoms with Crippen molar-refractivity contribution in [3.8, 4) is 0 Å². The molecule has 1 heterocycles. The maximum absolute atomic E-state index is 11.1. The van der Waals surface area contributed by atoms with Crippen molar-refractivity contribution >= 4 is 7.28 Å². The number of hydrogen-bond donors (Lipinski definition) is 1. The molecule has 1 fully saturated rings. The highest BCUT2D eigenvalue weighted by Crippen LogP contribution is 2.47. The van der Waals surface area contributed by atoms with Crippen molar-refractivity contribution in [3.63, 3.8) is 0 Å². The lowest BCUT2D eigenvalue weighted by atomic mass is 10.1. The van der Waals surface area contributed by atoms with Crippen LogP contribution in [0.1, 0.15) is 0 Å². The maximum atomic E-state index is 11.1. The first kappa shape index (κ1) is 9.18. The Bertz CT molecular complexity index is 127. The van der Waals surface area contributed by atoms with Crippen molar-refractivity contribution in [1.29, 1.82) is 0 Å². The molecule has 3 nitrogen and oxygen atoms in total. The first-order valence-corrected chi connectivity index (χ1v) is 1.97.